The lowest BCUT2D eigenvalue weighted by molar-refractivity contribution is 0.405. The lowest BCUT2D eigenvalue weighted by Gasteiger charge is -1.93. The van der Waals surface area contributed by atoms with Gasteiger partial charge in [0.2, 0.25) is 0 Å². The molecule has 0 saturated heterocycles. The summed E-state index contributed by atoms with van der Waals surface area (Å²) in [7, 11) is -3.13. The first-order valence-electron chi connectivity index (χ1n) is 4.11. The van der Waals surface area contributed by atoms with Gasteiger partial charge in [-0.1, -0.05) is 12.2 Å². The molecule has 0 bridgehead atoms. The Labute approximate surface area is 116 Å². The monoisotopic (exact) mass is 316 g/mol. The lowest BCUT2D eigenvalue weighted by atomic mass is 10.6. The maximum Gasteiger partial charge on any atom is 0.314 e. The first-order chi connectivity index (χ1) is 7.73. The molecule has 0 radical (unpaired) electrons. The third-order valence-corrected chi connectivity index (χ3v) is 2.11. The highest BCUT2D eigenvalue weighted by atomic mass is 35.5. The Balaban J connectivity index is 0. The van der Waals surface area contributed by atoms with Crippen molar-refractivity contribution in [3.05, 3.63) is 47.5 Å². The second kappa shape index (κ2) is 15.7. The molecule has 0 aromatic rings. The SMILES string of the molecule is C1=CNSC=C1.C1=CNSC=C1.Cl.O=[PH](O)O. The van der Waals surface area contributed by atoms with Crippen molar-refractivity contribution in [2.45, 2.75) is 0 Å². The number of allylic oxidation sites excluding steroid dienone is 4. The van der Waals surface area contributed by atoms with Crippen LogP contribution in [0, 0.1) is 0 Å². The summed E-state index contributed by atoms with van der Waals surface area (Å²) in [5.74, 6) is 0. The topological polar surface area (TPSA) is 81.6 Å². The van der Waals surface area contributed by atoms with Crippen molar-refractivity contribution < 1.29 is 14.4 Å². The Morgan fingerprint density at radius 2 is 1.24 bits per heavy atom. The third kappa shape index (κ3) is 21.5. The van der Waals surface area contributed by atoms with Gasteiger partial charge in [-0.2, -0.15) is 0 Å². The van der Waals surface area contributed by atoms with Gasteiger partial charge >= 0.3 is 8.25 Å². The Morgan fingerprint density at radius 1 is 0.882 bits per heavy atom. The number of nitrogens with one attached hydrogen (secondary N) is 2. The first kappa shape index (κ1) is 19.0. The Morgan fingerprint density at radius 3 is 1.29 bits per heavy atom. The van der Waals surface area contributed by atoms with E-state index in [-0.39, 0.29) is 12.4 Å². The van der Waals surface area contributed by atoms with Crippen molar-refractivity contribution in [3.8, 4) is 0 Å². The van der Waals surface area contributed by atoms with Crippen LogP contribution in [0.5, 0.6) is 0 Å². The van der Waals surface area contributed by atoms with Crippen molar-refractivity contribution in [1.82, 2.24) is 9.44 Å². The van der Waals surface area contributed by atoms with E-state index in [0.29, 0.717) is 0 Å². The zero-order valence-corrected chi connectivity index (χ0v) is 12.1. The van der Waals surface area contributed by atoms with Gasteiger partial charge < -0.3 is 19.2 Å². The van der Waals surface area contributed by atoms with Gasteiger partial charge in [-0.05, 0) is 46.9 Å². The highest BCUT2D eigenvalue weighted by Gasteiger charge is 1.75. The van der Waals surface area contributed by atoms with Crippen LogP contribution in [0.3, 0.4) is 0 Å². The average molecular weight is 317 g/mol. The molecule has 0 saturated carbocycles. The number of hydrogen-bond acceptors (Lipinski definition) is 5. The van der Waals surface area contributed by atoms with Crippen molar-refractivity contribution in [2.75, 3.05) is 0 Å². The van der Waals surface area contributed by atoms with E-state index in [1.165, 1.54) is 0 Å². The van der Waals surface area contributed by atoms with Gasteiger partial charge in [-0.3, -0.25) is 4.57 Å². The highest BCUT2D eigenvalue weighted by molar-refractivity contribution is 8.00. The summed E-state index contributed by atoms with van der Waals surface area (Å²) < 4.78 is 14.6. The maximum atomic E-state index is 8.74. The van der Waals surface area contributed by atoms with E-state index >= 15 is 0 Å². The standard InChI is InChI=1S/2C4H5NS.ClH.H3O3P/c2*1-2-4-6-5-3-1;;1-4(2)3/h2*1-5H;1H;4H,(H2,1,2,3). The van der Waals surface area contributed by atoms with Crippen molar-refractivity contribution in [3.63, 3.8) is 0 Å². The molecule has 2 heterocycles. The van der Waals surface area contributed by atoms with E-state index in [1.807, 2.05) is 47.5 Å². The van der Waals surface area contributed by atoms with Crippen LogP contribution in [0.25, 0.3) is 0 Å². The molecule has 17 heavy (non-hydrogen) atoms. The van der Waals surface area contributed by atoms with Crippen molar-refractivity contribution in [2.24, 2.45) is 0 Å². The molecule has 0 aromatic heterocycles. The molecule has 5 nitrogen and oxygen atoms in total. The van der Waals surface area contributed by atoms with Crippen LogP contribution < -0.4 is 9.44 Å². The number of hydrogen-bond donors (Lipinski definition) is 4. The minimum atomic E-state index is -3.13. The minimum Gasteiger partial charge on any atom is -0.333 e. The van der Waals surface area contributed by atoms with E-state index in [0.717, 1.165) is 0 Å². The summed E-state index contributed by atoms with van der Waals surface area (Å²) in [5.41, 5.74) is 0. The summed E-state index contributed by atoms with van der Waals surface area (Å²) in [5, 5.41) is 3.97. The number of rotatable bonds is 0. The molecule has 0 fully saturated rings. The average Bonchev–Trinajstić information content (AvgIpc) is 2.34. The molecular formula is C8H14ClN2O3PS2. The maximum absolute atomic E-state index is 8.74. The van der Waals surface area contributed by atoms with Gasteiger partial charge in [-0.15, -0.1) is 12.4 Å². The van der Waals surface area contributed by atoms with Crippen LogP contribution in [-0.2, 0) is 4.57 Å². The van der Waals surface area contributed by atoms with Gasteiger partial charge in [0.25, 0.3) is 0 Å². The molecule has 9 heteroatoms. The fourth-order valence-electron chi connectivity index (χ4n) is 0.516. The normalized spacial score (nSPS) is 14.3. The molecule has 4 N–H and O–H groups in total. The van der Waals surface area contributed by atoms with Gasteiger partial charge in [0.05, 0.1) is 0 Å². The lowest BCUT2D eigenvalue weighted by Crippen LogP contribution is -1.88. The Kier molecular flexibility index (Phi) is 17.6. The summed E-state index contributed by atoms with van der Waals surface area (Å²) in [6.07, 6.45) is 11.7. The molecule has 2 aliphatic heterocycles. The third-order valence-electron chi connectivity index (χ3n) is 0.980. The first-order valence-corrected chi connectivity index (χ1v) is 7.17. The summed E-state index contributed by atoms with van der Waals surface area (Å²) in [4.78, 5) is 14.3. The van der Waals surface area contributed by atoms with Gasteiger partial charge in [0, 0.05) is 12.4 Å². The molecule has 0 aliphatic carbocycles. The van der Waals surface area contributed by atoms with Crippen LogP contribution in [-0.4, -0.2) is 9.79 Å². The molecule has 2 rings (SSSR count). The van der Waals surface area contributed by atoms with Crippen molar-refractivity contribution in [1.29, 1.82) is 0 Å². The fraction of sp³-hybridized carbons (Fsp3) is 0. The molecule has 0 atom stereocenters. The number of halogens is 1. The van der Waals surface area contributed by atoms with E-state index in [2.05, 4.69) is 9.44 Å². The molecule has 0 spiro atoms. The predicted octanol–water partition coefficient (Wildman–Crippen LogP) is 2.31. The predicted molar refractivity (Wildman–Crippen MR) is 78.7 cm³/mol. The molecule has 98 valence electrons. The van der Waals surface area contributed by atoms with Crippen LogP contribution in [0.15, 0.2) is 47.5 Å². The quantitative estimate of drug-likeness (QED) is 0.403. The van der Waals surface area contributed by atoms with Crippen molar-refractivity contribution >= 4 is 44.6 Å². The molecular weight excluding hydrogens is 303 g/mol. The summed E-state index contributed by atoms with van der Waals surface area (Å²) in [6.45, 7) is 0. The van der Waals surface area contributed by atoms with Gasteiger partial charge in [0.1, 0.15) is 0 Å². The second-order valence-corrected chi connectivity index (χ2v) is 4.18. The molecule has 0 unspecified atom stereocenters. The van der Waals surface area contributed by atoms with E-state index in [4.69, 9.17) is 14.4 Å². The van der Waals surface area contributed by atoms with Crippen LogP contribution in [0.1, 0.15) is 0 Å². The smallest absolute Gasteiger partial charge is 0.314 e. The van der Waals surface area contributed by atoms with Gasteiger partial charge in [-0.25, -0.2) is 0 Å². The molecule has 2 aliphatic rings. The van der Waals surface area contributed by atoms with Crippen LogP contribution in [0.2, 0.25) is 0 Å². The zero-order chi connectivity index (χ0) is 12.1. The zero-order valence-electron chi connectivity index (χ0n) is 8.65. The largest absolute Gasteiger partial charge is 0.333 e. The van der Waals surface area contributed by atoms with Crippen LogP contribution >= 0.6 is 44.6 Å². The summed E-state index contributed by atoms with van der Waals surface area (Å²) in [6, 6.07) is 0. The molecule has 0 aromatic carbocycles. The van der Waals surface area contributed by atoms with Gasteiger partial charge in [0.15, 0.2) is 0 Å². The highest BCUT2D eigenvalue weighted by Crippen LogP contribution is 1.99. The van der Waals surface area contributed by atoms with E-state index in [9.17, 15) is 0 Å². The van der Waals surface area contributed by atoms with E-state index in [1.54, 1.807) is 23.9 Å². The molecule has 0 amide bonds. The Hall–Kier alpha value is -0.300. The fourth-order valence-corrected chi connectivity index (χ4v) is 1.33. The summed E-state index contributed by atoms with van der Waals surface area (Å²) >= 11 is 3.16. The Bertz CT molecular complexity index is 259. The minimum absolute atomic E-state index is 0. The van der Waals surface area contributed by atoms with Crippen LogP contribution in [0.4, 0.5) is 0 Å². The second-order valence-electron chi connectivity index (χ2n) is 2.13. The van der Waals surface area contributed by atoms with E-state index < -0.39 is 8.25 Å².